The van der Waals surface area contributed by atoms with Crippen LogP contribution < -0.4 is 4.90 Å². The molecule has 0 bridgehead atoms. The quantitative estimate of drug-likeness (QED) is 0.793. The highest BCUT2D eigenvalue weighted by Gasteiger charge is 2.09. The standard InChI is InChI=1S/C16H17FN2O2/c1-3-19(15-8-5-13(17)6-9-15)11-14-7-4-12(10-18-14)16(20)21-2/h4-10H,3,11H2,1-2H3. The second-order valence-corrected chi connectivity index (χ2v) is 4.52. The zero-order valence-corrected chi connectivity index (χ0v) is 12.0. The summed E-state index contributed by atoms with van der Waals surface area (Å²) in [5.41, 5.74) is 2.18. The average molecular weight is 288 g/mol. The van der Waals surface area contributed by atoms with Gasteiger partial charge in [-0.1, -0.05) is 0 Å². The van der Waals surface area contributed by atoms with Crippen LogP contribution in [0.25, 0.3) is 0 Å². The number of methoxy groups -OCH3 is 1. The minimum atomic E-state index is -0.403. The van der Waals surface area contributed by atoms with Gasteiger partial charge < -0.3 is 9.64 Å². The number of esters is 1. The first-order valence-electron chi connectivity index (χ1n) is 6.67. The minimum absolute atomic E-state index is 0.254. The Balaban J connectivity index is 2.11. The summed E-state index contributed by atoms with van der Waals surface area (Å²) >= 11 is 0. The summed E-state index contributed by atoms with van der Waals surface area (Å²) in [5.74, 6) is -0.657. The zero-order chi connectivity index (χ0) is 15.2. The van der Waals surface area contributed by atoms with E-state index in [2.05, 4.69) is 14.6 Å². The molecule has 21 heavy (non-hydrogen) atoms. The SMILES string of the molecule is CCN(Cc1ccc(C(=O)OC)cn1)c1ccc(F)cc1. The number of hydrogen-bond acceptors (Lipinski definition) is 4. The van der Waals surface area contributed by atoms with Crippen LogP contribution in [0.15, 0.2) is 42.6 Å². The Bertz CT molecular complexity index is 597. The molecular weight excluding hydrogens is 271 g/mol. The molecule has 0 N–H and O–H groups in total. The first-order chi connectivity index (χ1) is 10.1. The molecule has 0 spiro atoms. The molecule has 0 amide bonds. The lowest BCUT2D eigenvalue weighted by Crippen LogP contribution is -2.22. The van der Waals surface area contributed by atoms with Gasteiger partial charge in [-0.25, -0.2) is 9.18 Å². The van der Waals surface area contributed by atoms with E-state index in [4.69, 9.17) is 0 Å². The van der Waals surface area contributed by atoms with Crippen molar-refractivity contribution in [1.82, 2.24) is 4.98 Å². The molecule has 0 unspecified atom stereocenters. The zero-order valence-electron chi connectivity index (χ0n) is 12.0. The predicted molar refractivity (Wildman–Crippen MR) is 78.7 cm³/mol. The van der Waals surface area contributed by atoms with Crippen molar-refractivity contribution in [3.05, 3.63) is 59.7 Å². The molecule has 0 aliphatic carbocycles. The van der Waals surface area contributed by atoms with Crippen molar-refractivity contribution in [2.75, 3.05) is 18.6 Å². The fraction of sp³-hybridized carbons (Fsp3) is 0.250. The van der Waals surface area contributed by atoms with Gasteiger partial charge in [0, 0.05) is 18.4 Å². The Morgan fingerprint density at radius 1 is 1.24 bits per heavy atom. The van der Waals surface area contributed by atoms with Crippen molar-refractivity contribution >= 4 is 11.7 Å². The molecule has 2 aromatic rings. The third-order valence-corrected chi connectivity index (χ3v) is 3.17. The minimum Gasteiger partial charge on any atom is -0.465 e. The number of aromatic nitrogens is 1. The molecule has 1 heterocycles. The summed E-state index contributed by atoms with van der Waals surface area (Å²) in [6, 6.07) is 9.83. The Hall–Kier alpha value is -2.43. The summed E-state index contributed by atoms with van der Waals surface area (Å²) in [6.45, 7) is 3.38. The third-order valence-electron chi connectivity index (χ3n) is 3.17. The molecule has 110 valence electrons. The fourth-order valence-electron chi connectivity index (χ4n) is 1.99. The Morgan fingerprint density at radius 2 is 1.95 bits per heavy atom. The van der Waals surface area contributed by atoms with E-state index in [1.54, 1.807) is 24.3 Å². The Labute approximate surface area is 123 Å². The van der Waals surface area contributed by atoms with Gasteiger partial charge in [-0.05, 0) is 43.3 Å². The predicted octanol–water partition coefficient (Wildman–Crippen LogP) is 3.03. The number of pyridine rings is 1. The normalized spacial score (nSPS) is 10.2. The van der Waals surface area contributed by atoms with Crippen LogP contribution in [0.4, 0.5) is 10.1 Å². The molecular formula is C16H17FN2O2. The van der Waals surface area contributed by atoms with Crippen LogP contribution in [-0.4, -0.2) is 24.6 Å². The average Bonchev–Trinajstić information content (AvgIpc) is 2.53. The highest BCUT2D eigenvalue weighted by Crippen LogP contribution is 2.17. The van der Waals surface area contributed by atoms with Crippen molar-refractivity contribution in [3.63, 3.8) is 0 Å². The summed E-state index contributed by atoms with van der Waals surface area (Å²) in [5, 5.41) is 0. The van der Waals surface area contributed by atoms with Crippen molar-refractivity contribution in [1.29, 1.82) is 0 Å². The van der Waals surface area contributed by atoms with E-state index in [0.717, 1.165) is 17.9 Å². The van der Waals surface area contributed by atoms with Gasteiger partial charge >= 0.3 is 5.97 Å². The second kappa shape index (κ2) is 6.83. The van der Waals surface area contributed by atoms with Gasteiger partial charge in [0.15, 0.2) is 0 Å². The molecule has 1 aromatic carbocycles. The summed E-state index contributed by atoms with van der Waals surface area (Å²) < 4.78 is 17.6. The van der Waals surface area contributed by atoms with Crippen LogP contribution in [0.3, 0.4) is 0 Å². The van der Waals surface area contributed by atoms with E-state index < -0.39 is 5.97 Å². The number of carbonyl (C=O) groups is 1. The smallest absolute Gasteiger partial charge is 0.339 e. The van der Waals surface area contributed by atoms with Gasteiger partial charge in [-0.2, -0.15) is 0 Å². The molecule has 2 rings (SSSR count). The lowest BCUT2D eigenvalue weighted by molar-refractivity contribution is 0.0600. The van der Waals surface area contributed by atoms with Gasteiger partial charge in [0.2, 0.25) is 0 Å². The van der Waals surface area contributed by atoms with Crippen molar-refractivity contribution < 1.29 is 13.9 Å². The summed E-state index contributed by atoms with van der Waals surface area (Å²) in [4.78, 5) is 17.7. The number of hydrogen-bond donors (Lipinski definition) is 0. The van der Waals surface area contributed by atoms with Crippen molar-refractivity contribution in [2.45, 2.75) is 13.5 Å². The highest BCUT2D eigenvalue weighted by atomic mass is 19.1. The number of ether oxygens (including phenoxy) is 1. The first-order valence-corrected chi connectivity index (χ1v) is 6.67. The van der Waals surface area contributed by atoms with E-state index >= 15 is 0 Å². The maximum Gasteiger partial charge on any atom is 0.339 e. The van der Waals surface area contributed by atoms with Gasteiger partial charge in [0.05, 0.1) is 24.9 Å². The lowest BCUT2D eigenvalue weighted by atomic mass is 10.2. The van der Waals surface area contributed by atoms with Crippen LogP contribution in [-0.2, 0) is 11.3 Å². The highest BCUT2D eigenvalue weighted by molar-refractivity contribution is 5.88. The molecule has 4 nitrogen and oxygen atoms in total. The Kier molecular flexibility index (Phi) is 4.87. The Morgan fingerprint density at radius 3 is 2.48 bits per heavy atom. The maximum absolute atomic E-state index is 13.0. The van der Waals surface area contributed by atoms with Crippen LogP contribution in [0, 0.1) is 5.82 Å². The van der Waals surface area contributed by atoms with Gasteiger partial charge in [-0.15, -0.1) is 0 Å². The molecule has 0 aliphatic heterocycles. The third kappa shape index (κ3) is 3.78. The van der Waals surface area contributed by atoms with Crippen LogP contribution in [0.1, 0.15) is 23.0 Å². The van der Waals surface area contributed by atoms with E-state index in [0.29, 0.717) is 12.1 Å². The topological polar surface area (TPSA) is 42.4 Å². The van der Waals surface area contributed by atoms with Crippen molar-refractivity contribution in [3.8, 4) is 0 Å². The number of carbonyl (C=O) groups excluding carboxylic acids is 1. The van der Waals surface area contributed by atoms with E-state index in [9.17, 15) is 9.18 Å². The summed E-state index contributed by atoms with van der Waals surface area (Å²) in [7, 11) is 1.34. The molecule has 5 heteroatoms. The molecule has 0 radical (unpaired) electrons. The molecule has 1 aromatic heterocycles. The molecule has 0 atom stereocenters. The van der Waals surface area contributed by atoms with Crippen LogP contribution >= 0.6 is 0 Å². The number of halogens is 1. The van der Waals surface area contributed by atoms with Crippen LogP contribution in [0.2, 0.25) is 0 Å². The van der Waals surface area contributed by atoms with Crippen LogP contribution in [0.5, 0.6) is 0 Å². The van der Waals surface area contributed by atoms with Gasteiger partial charge in [0.1, 0.15) is 5.82 Å². The fourth-order valence-corrected chi connectivity index (χ4v) is 1.99. The number of rotatable bonds is 5. The van der Waals surface area contributed by atoms with E-state index in [1.165, 1.54) is 25.4 Å². The second-order valence-electron chi connectivity index (χ2n) is 4.52. The van der Waals surface area contributed by atoms with Gasteiger partial charge in [-0.3, -0.25) is 4.98 Å². The molecule has 0 saturated carbocycles. The molecule has 0 fully saturated rings. The molecule has 0 aliphatic rings. The number of benzene rings is 1. The number of anilines is 1. The van der Waals surface area contributed by atoms with Gasteiger partial charge in [0.25, 0.3) is 0 Å². The number of nitrogens with zero attached hydrogens (tertiary/aromatic N) is 2. The van der Waals surface area contributed by atoms with E-state index in [1.807, 2.05) is 6.92 Å². The first kappa shape index (κ1) is 15.0. The summed E-state index contributed by atoms with van der Waals surface area (Å²) in [6.07, 6.45) is 1.50. The lowest BCUT2D eigenvalue weighted by Gasteiger charge is -2.22. The monoisotopic (exact) mass is 288 g/mol. The van der Waals surface area contributed by atoms with Crippen molar-refractivity contribution in [2.24, 2.45) is 0 Å². The molecule has 0 saturated heterocycles. The largest absolute Gasteiger partial charge is 0.465 e. The van der Waals surface area contributed by atoms with E-state index in [-0.39, 0.29) is 5.82 Å². The maximum atomic E-state index is 13.0.